The standard InChI is InChI=1S/C18H20N2O3/c1-19-18(21)17-12-20(14-8-4-6-10-16(14)23-17)11-13-7-3-5-9-15(13)22-2/h3-10,17H,11-12H2,1-2H3,(H,19,21)/t17-/m0/s1. The molecule has 0 spiro atoms. The number of nitrogens with zero attached hydrogens (tertiary/aromatic N) is 1. The fraction of sp³-hybridized carbons (Fsp3) is 0.278. The molecule has 1 atom stereocenters. The number of fused-ring (bicyclic) bond motifs is 1. The fourth-order valence-electron chi connectivity index (χ4n) is 2.79. The molecule has 2 aromatic rings. The van der Waals surface area contributed by atoms with Gasteiger partial charge in [0.1, 0.15) is 11.5 Å². The molecule has 5 nitrogen and oxygen atoms in total. The zero-order valence-electron chi connectivity index (χ0n) is 13.3. The highest BCUT2D eigenvalue weighted by Gasteiger charge is 2.30. The number of methoxy groups -OCH3 is 1. The predicted octanol–water partition coefficient (Wildman–Crippen LogP) is 2.21. The van der Waals surface area contributed by atoms with Crippen molar-refractivity contribution in [1.82, 2.24) is 5.32 Å². The Labute approximate surface area is 135 Å². The van der Waals surface area contributed by atoms with Gasteiger partial charge in [0, 0.05) is 19.2 Å². The Morgan fingerprint density at radius 3 is 2.78 bits per heavy atom. The Hall–Kier alpha value is -2.69. The molecular weight excluding hydrogens is 292 g/mol. The van der Waals surface area contributed by atoms with Gasteiger partial charge in [-0.25, -0.2) is 0 Å². The highest BCUT2D eigenvalue weighted by Crippen LogP contribution is 2.35. The molecule has 0 radical (unpaired) electrons. The van der Waals surface area contributed by atoms with E-state index < -0.39 is 6.10 Å². The summed E-state index contributed by atoms with van der Waals surface area (Å²) in [4.78, 5) is 14.2. The van der Waals surface area contributed by atoms with Crippen LogP contribution in [-0.2, 0) is 11.3 Å². The molecule has 1 heterocycles. The van der Waals surface area contributed by atoms with Gasteiger partial charge < -0.3 is 19.7 Å². The van der Waals surface area contributed by atoms with Crippen molar-refractivity contribution in [2.75, 3.05) is 25.6 Å². The summed E-state index contributed by atoms with van der Waals surface area (Å²) in [5.74, 6) is 1.44. The average molecular weight is 312 g/mol. The number of para-hydroxylation sites is 3. The number of hydrogen-bond donors (Lipinski definition) is 1. The SMILES string of the molecule is CNC(=O)[C@@H]1CN(Cc2ccccc2OC)c2ccccc2O1. The van der Waals surface area contributed by atoms with Crippen LogP contribution in [0.3, 0.4) is 0 Å². The Bertz CT molecular complexity index is 702. The minimum Gasteiger partial charge on any atom is -0.496 e. The first-order valence-corrected chi connectivity index (χ1v) is 7.57. The first-order valence-electron chi connectivity index (χ1n) is 7.57. The van der Waals surface area contributed by atoms with Crippen LogP contribution in [0.25, 0.3) is 0 Å². The number of nitrogens with one attached hydrogen (secondary N) is 1. The summed E-state index contributed by atoms with van der Waals surface area (Å²) in [5, 5.41) is 2.66. The molecule has 0 aromatic heterocycles. The van der Waals surface area contributed by atoms with Crippen molar-refractivity contribution in [3.8, 4) is 11.5 Å². The molecule has 2 aromatic carbocycles. The Morgan fingerprint density at radius 2 is 2.00 bits per heavy atom. The minimum atomic E-state index is -0.524. The van der Waals surface area contributed by atoms with Gasteiger partial charge in [-0.05, 0) is 18.2 Å². The molecule has 1 aliphatic rings. The maximum Gasteiger partial charge on any atom is 0.262 e. The van der Waals surface area contributed by atoms with Crippen molar-refractivity contribution < 1.29 is 14.3 Å². The van der Waals surface area contributed by atoms with Crippen LogP contribution in [0.15, 0.2) is 48.5 Å². The molecular formula is C18H20N2O3. The van der Waals surface area contributed by atoms with Crippen LogP contribution in [0.2, 0.25) is 0 Å². The summed E-state index contributed by atoms with van der Waals surface area (Å²) < 4.78 is 11.3. The quantitative estimate of drug-likeness (QED) is 0.940. The van der Waals surface area contributed by atoms with E-state index in [1.165, 1.54) is 0 Å². The third kappa shape index (κ3) is 3.08. The van der Waals surface area contributed by atoms with Crippen LogP contribution >= 0.6 is 0 Å². The monoisotopic (exact) mass is 312 g/mol. The van der Waals surface area contributed by atoms with Crippen LogP contribution in [-0.4, -0.2) is 32.7 Å². The Kier molecular flexibility index (Phi) is 4.37. The van der Waals surface area contributed by atoms with Gasteiger partial charge in [-0.2, -0.15) is 0 Å². The van der Waals surface area contributed by atoms with Crippen LogP contribution in [0.1, 0.15) is 5.56 Å². The number of carbonyl (C=O) groups is 1. The zero-order valence-corrected chi connectivity index (χ0v) is 13.3. The number of rotatable bonds is 4. The third-order valence-corrected chi connectivity index (χ3v) is 3.95. The van der Waals surface area contributed by atoms with E-state index in [0.717, 1.165) is 22.7 Å². The Balaban J connectivity index is 1.92. The molecule has 0 unspecified atom stereocenters. The van der Waals surface area contributed by atoms with Gasteiger partial charge >= 0.3 is 0 Å². The highest BCUT2D eigenvalue weighted by atomic mass is 16.5. The van der Waals surface area contributed by atoms with Gasteiger partial charge in [0.05, 0.1) is 19.3 Å². The number of benzene rings is 2. The lowest BCUT2D eigenvalue weighted by molar-refractivity contribution is -0.127. The molecule has 120 valence electrons. The van der Waals surface area contributed by atoms with Gasteiger partial charge in [0.2, 0.25) is 0 Å². The summed E-state index contributed by atoms with van der Waals surface area (Å²) in [6, 6.07) is 15.7. The molecule has 1 amide bonds. The second-order valence-corrected chi connectivity index (χ2v) is 5.38. The molecule has 0 saturated heterocycles. The lowest BCUT2D eigenvalue weighted by Gasteiger charge is -2.35. The first-order chi connectivity index (χ1) is 11.2. The van der Waals surface area contributed by atoms with Crippen LogP contribution < -0.4 is 19.7 Å². The lowest BCUT2D eigenvalue weighted by atomic mass is 10.1. The van der Waals surface area contributed by atoms with Crippen molar-refractivity contribution in [2.24, 2.45) is 0 Å². The number of amides is 1. The molecule has 1 N–H and O–H groups in total. The average Bonchev–Trinajstić information content (AvgIpc) is 2.61. The number of carbonyl (C=O) groups excluding carboxylic acids is 1. The Morgan fingerprint density at radius 1 is 1.26 bits per heavy atom. The summed E-state index contributed by atoms with van der Waals surface area (Å²) in [5.41, 5.74) is 2.06. The van der Waals surface area contributed by atoms with Crippen molar-refractivity contribution in [3.05, 3.63) is 54.1 Å². The van der Waals surface area contributed by atoms with E-state index >= 15 is 0 Å². The van der Waals surface area contributed by atoms with Crippen molar-refractivity contribution in [2.45, 2.75) is 12.6 Å². The summed E-state index contributed by atoms with van der Waals surface area (Å²) in [7, 11) is 3.29. The minimum absolute atomic E-state index is 0.121. The molecule has 0 saturated carbocycles. The van der Waals surface area contributed by atoms with Gasteiger partial charge in [-0.3, -0.25) is 4.79 Å². The lowest BCUT2D eigenvalue weighted by Crippen LogP contribution is -2.47. The second kappa shape index (κ2) is 6.60. The smallest absolute Gasteiger partial charge is 0.262 e. The molecule has 1 aliphatic heterocycles. The molecule has 3 rings (SSSR count). The van der Waals surface area contributed by atoms with Gasteiger partial charge in [0.25, 0.3) is 5.91 Å². The van der Waals surface area contributed by atoms with E-state index in [1.807, 2.05) is 48.5 Å². The summed E-state index contributed by atoms with van der Waals surface area (Å²) >= 11 is 0. The topological polar surface area (TPSA) is 50.8 Å². The van der Waals surface area contributed by atoms with Gasteiger partial charge in [0.15, 0.2) is 6.10 Å². The predicted molar refractivity (Wildman–Crippen MR) is 89.0 cm³/mol. The van der Waals surface area contributed by atoms with E-state index in [0.29, 0.717) is 13.1 Å². The van der Waals surface area contributed by atoms with Crippen LogP contribution in [0.5, 0.6) is 11.5 Å². The van der Waals surface area contributed by atoms with E-state index in [1.54, 1.807) is 14.2 Å². The summed E-state index contributed by atoms with van der Waals surface area (Å²) in [6.45, 7) is 1.15. The summed E-state index contributed by atoms with van der Waals surface area (Å²) in [6.07, 6.45) is -0.524. The van der Waals surface area contributed by atoms with E-state index in [2.05, 4.69) is 10.2 Å². The van der Waals surface area contributed by atoms with E-state index in [9.17, 15) is 4.79 Å². The highest BCUT2D eigenvalue weighted by molar-refractivity contribution is 5.83. The number of likely N-dealkylation sites (N-methyl/N-ethyl adjacent to an activating group) is 1. The van der Waals surface area contributed by atoms with Crippen LogP contribution in [0, 0.1) is 0 Å². The zero-order chi connectivity index (χ0) is 16.2. The third-order valence-electron chi connectivity index (χ3n) is 3.95. The second-order valence-electron chi connectivity index (χ2n) is 5.38. The fourth-order valence-corrected chi connectivity index (χ4v) is 2.79. The normalized spacial score (nSPS) is 16.3. The number of ether oxygens (including phenoxy) is 2. The van der Waals surface area contributed by atoms with Crippen molar-refractivity contribution in [3.63, 3.8) is 0 Å². The number of anilines is 1. The molecule has 23 heavy (non-hydrogen) atoms. The van der Waals surface area contributed by atoms with E-state index in [4.69, 9.17) is 9.47 Å². The first kappa shape index (κ1) is 15.2. The van der Waals surface area contributed by atoms with Crippen molar-refractivity contribution in [1.29, 1.82) is 0 Å². The van der Waals surface area contributed by atoms with Crippen molar-refractivity contribution >= 4 is 11.6 Å². The maximum absolute atomic E-state index is 12.0. The molecule has 0 fully saturated rings. The van der Waals surface area contributed by atoms with E-state index in [-0.39, 0.29) is 5.91 Å². The van der Waals surface area contributed by atoms with Gasteiger partial charge in [-0.1, -0.05) is 30.3 Å². The number of hydrogen-bond acceptors (Lipinski definition) is 4. The molecule has 0 bridgehead atoms. The largest absolute Gasteiger partial charge is 0.496 e. The van der Waals surface area contributed by atoms with Crippen LogP contribution in [0.4, 0.5) is 5.69 Å². The molecule has 5 heteroatoms. The van der Waals surface area contributed by atoms with Gasteiger partial charge in [-0.15, -0.1) is 0 Å². The maximum atomic E-state index is 12.0. The molecule has 0 aliphatic carbocycles.